The second-order valence-corrected chi connectivity index (χ2v) is 3.91. The summed E-state index contributed by atoms with van der Waals surface area (Å²) < 4.78 is 5.54. The van der Waals surface area contributed by atoms with Crippen molar-refractivity contribution in [3.8, 4) is 0 Å². The van der Waals surface area contributed by atoms with Crippen molar-refractivity contribution in [2.45, 2.75) is 25.0 Å². The molecule has 1 aromatic carbocycles. The lowest BCUT2D eigenvalue weighted by molar-refractivity contribution is -0.386. The molecule has 86 valence electrons. The minimum atomic E-state index is -0.389. The Balaban J connectivity index is 2.34. The van der Waals surface area contributed by atoms with Crippen molar-refractivity contribution in [2.24, 2.45) is 5.73 Å². The van der Waals surface area contributed by atoms with Crippen LogP contribution in [-0.4, -0.2) is 17.6 Å². The molecule has 2 rings (SSSR count). The summed E-state index contributed by atoms with van der Waals surface area (Å²) >= 11 is 0. The van der Waals surface area contributed by atoms with E-state index in [1.165, 1.54) is 6.07 Å². The Morgan fingerprint density at radius 1 is 1.44 bits per heavy atom. The molecule has 16 heavy (non-hydrogen) atoms. The van der Waals surface area contributed by atoms with Gasteiger partial charge in [-0.25, -0.2) is 0 Å². The summed E-state index contributed by atoms with van der Waals surface area (Å²) in [6.45, 7) is 0.615. The number of nitrogens with zero attached hydrogens (tertiary/aromatic N) is 1. The molecule has 2 unspecified atom stereocenters. The number of nitro groups is 1. The van der Waals surface area contributed by atoms with Crippen molar-refractivity contribution in [1.82, 2.24) is 0 Å². The number of nitrogens with two attached hydrogens (primary N) is 1. The van der Waals surface area contributed by atoms with Gasteiger partial charge in [0.2, 0.25) is 0 Å². The van der Waals surface area contributed by atoms with Gasteiger partial charge in [0.15, 0.2) is 0 Å². The Kier molecular flexibility index (Phi) is 3.17. The summed E-state index contributed by atoms with van der Waals surface area (Å²) in [5, 5.41) is 10.9. The highest BCUT2D eigenvalue weighted by Crippen LogP contribution is 2.32. The zero-order valence-electron chi connectivity index (χ0n) is 8.83. The molecular weight excluding hydrogens is 208 g/mol. The maximum absolute atomic E-state index is 10.9. The normalized spacial score (nSPS) is 25.3. The van der Waals surface area contributed by atoms with E-state index in [9.17, 15) is 10.1 Å². The van der Waals surface area contributed by atoms with Gasteiger partial charge in [0, 0.05) is 18.7 Å². The van der Waals surface area contributed by atoms with Crippen LogP contribution in [0.3, 0.4) is 0 Å². The van der Waals surface area contributed by atoms with Crippen LogP contribution in [0.4, 0.5) is 5.69 Å². The van der Waals surface area contributed by atoms with E-state index in [0.717, 1.165) is 12.8 Å². The van der Waals surface area contributed by atoms with E-state index in [1.807, 2.05) is 0 Å². The molecule has 0 aliphatic carbocycles. The van der Waals surface area contributed by atoms with E-state index in [4.69, 9.17) is 10.5 Å². The van der Waals surface area contributed by atoms with Gasteiger partial charge in [-0.3, -0.25) is 10.1 Å². The maximum Gasteiger partial charge on any atom is 0.275 e. The molecule has 2 atom stereocenters. The summed E-state index contributed by atoms with van der Waals surface area (Å²) in [7, 11) is 0. The third-order valence-corrected chi connectivity index (χ3v) is 2.81. The first-order valence-electron chi connectivity index (χ1n) is 5.30. The van der Waals surface area contributed by atoms with Crippen molar-refractivity contribution in [2.75, 3.05) is 6.61 Å². The molecule has 0 saturated carbocycles. The largest absolute Gasteiger partial charge is 0.372 e. The molecule has 5 nitrogen and oxygen atoms in total. The molecular formula is C11H14N2O3. The molecule has 2 N–H and O–H groups in total. The van der Waals surface area contributed by atoms with Crippen LogP contribution in [0, 0.1) is 10.1 Å². The average Bonchev–Trinajstić information content (AvgIpc) is 2.29. The fourth-order valence-corrected chi connectivity index (χ4v) is 2.02. The van der Waals surface area contributed by atoms with Gasteiger partial charge in [0.25, 0.3) is 5.69 Å². The lowest BCUT2D eigenvalue weighted by Crippen LogP contribution is -2.34. The summed E-state index contributed by atoms with van der Waals surface area (Å²) in [5.41, 5.74) is 6.60. The van der Waals surface area contributed by atoms with E-state index in [1.54, 1.807) is 18.2 Å². The van der Waals surface area contributed by atoms with Crippen molar-refractivity contribution in [1.29, 1.82) is 0 Å². The van der Waals surface area contributed by atoms with E-state index >= 15 is 0 Å². The van der Waals surface area contributed by atoms with Gasteiger partial charge in [-0.15, -0.1) is 0 Å². The molecule has 1 aromatic rings. The zero-order valence-corrected chi connectivity index (χ0v) is 8.83. The molecule has 5 heteroatoms. The smallest absolute Gasteiger partial charge is 0.275 e. The van der Waals surface area contributed by atoms with Gasteiger partial charge in [-0.05, 0) is 18.9 Å². The Bertz CT molecular complexity index is 395. The lowest BCUT2D eigenvalue weighted by atomic mass is 9.96. The summed E-state index contributed by atoms with van der Waals surface area (Å²) in [6, 6.07) is 6.46. The molecule has 1 aliphatic heterocycles. The molecule has 1 heterocycles. The van der Waals surface area contributed by atoms with E-state index < -0.39 is 0 Å². The van der Waals surface area contributed by atoms with Crippen molar-refractivity contribution in [3.05, 3.63) is 39.9 Å². The Hall–Kier alpha value is -1.46. The summed E-state index contributed by atoms with van der Waals surface area (Å²) in [4.78, 5) is 10.5. The average molecular weight is 222 g/mol. The maximum atomic E-state index is 10.9. The molecule has 0 amide bonds. The van der Waals surface area contributed by atoms with Gasteiger partial charge in [-0.1, -0.05) is 12.1 Å². The third-order valence-electron chi connectivity index (χ3n) is 2.81. The highest BCUT2D eigenvalue weighted by molar-refractivity contribution is 5.42. The molecule has 1 saturated heterocycles. The molecule has 1 fully saturated rings. The van der Waals surface area contributed by atoms with Gasteiger partial charge >= 0.3 is 0 Å². The van der Waals surface area contributed by atoms with E-state index in [-0.39, 0.29) is 22.8 Å². The first-order chi connectivity index (χ1) is 7.70. The van der Waals surface area contributed by atoms with Crippen LogP contribution in [-0.2, 0) is 4.74 Å². The second-order valence-electron chi connectivity index (χ2n) is 3.91. The summed E-state index contributed by atoms with van der Waals surface area (Å²) in [5.74, 6) is 0. The fraction of sp³-hybridized carbons (Fsp3) is 0.455. The monoisotopic (exact) mass is 222 g/mol. The van der Waals surface area contributed by atoms with Crippen LogP contribution in [0.5, 0.6) is 0 Å². The van der Waals surface area contributed by atoms with Crippen LogP contribution < -0.4 is 5.73 Å². The number of nitro benzene ring substituents is 1. The van der Waals surface area contributed by atoms with Gasteiger partial charge < -0.3 is 10.5 Å². The highest BCUT2D eigenvalue weighted by Gasteiger charge is 2.29. The number of hydrogen-bond donors (Lipinski definition) is 1. The SMILES string of the molecule is NC1CCCOC1c1ccccc1[N+](=O)[O-]. The van der Waals surface area contributed by atoms with Crippen LogP contribution in [0.2, 0.25) is 0 Å². The fourth-order valence-electron chi connectivity index (χ4n) is 2.02. The van der Waals surface area contributed by atoms with E-state index in [2.05, 4.69) is 0 Å². The predicted molar refractivity (Wildman–Crippen MR) is 59.0 cm³/mol. The Labute approximate surface area is 93.4 Å². The quantitative estimate of drug-likeness (QED) is 0.611. The number of benzene rings is 1. The second kappa shape index (κ2) is 4.59. The van der Waals surface area contributed by atoms with Gasteiger partial charge in [0.05, 0.1) is 10.5 Å². The first-order valence-corrected chi connectivity index (χ1v) is 5.30. The van der Waals surface area contributed by atoms with Crippen molar-refractivity contribution in [3.63, 3.8) is 0 Å². The Morgan fingerprint density at radius 2 is 2.19 bits per heavy atom. The summed E-state index contributed by atoms with van der Waals surface area (Å²) in [6.07, 6.45) is 1.41. The molecule has 0 radical (unpaired) electrons. The minimum absolute atomic E-state index is 0.0878. The van der Waals surface area contributed by atoms with Crippen LogP contribution in [0.15, 0.2) is 24.3 Å². The van der Waals surface area contributed by atoms with Crippen LogP contribution in [0.25, 0.3) is 0 Å². The van der Waals surface area contributed by atoms with Crippen molar-refractivity contribution < 1.29 is 9.66 Å². The molecule has 0 spiro atoms. The number of hydrogen-bond acceptors (Lipinski definition) is 4. The number of para-hydroxylation sites is 1. The van der Waals surface area contributed by atoms with Gasteiger partial charge in [0.1, 0.15) is 6.10 Å². The Morgan fingerprint density at radius 3 is 2.88 bits per heavy atom. The highest BCUT2D eigenvalue weighted by atomic mass is 16.6. The zero-order chi connectivity index (χ0) is 11.5. The predicted octanol–water partition coefficient (Wildman–Crippen LogP) is 1.77. The molecule has 0 bridgehead atoms. The first kappa shape index (κ1) is 11.0. The van der Waals surface area contributed by atoms with Gasteiger partial charge in [-0.2, -0.15) is 0 Å². The molecule has 0 aromatic heterocycles. The van der Waals surface area contributed by atoms with Crippen LogP contribution >= 0.6 is 0 Å². The van der Waals surface area contributed by atoms with Crippen molar-refractivity contribution >= 4 is 5.69 Å². The molecule has 1 aliphatic rings. The number of ether oxygens (including phenoxy) is 1. The topological polar surface area (TPSA) is 78.4 Å². The minimum Gasteiger partial charge on any atom is -0.372 e. The third kappa shape index (κ3) is 2.05. The van der Waals surface area contributed by atoms with Crippen LogP contribution in [0.1, 0.15) is 24.5 Å². The number of rotatable bonds is 2. The van der Waals surface area contributed by atoms with E-state index in [0.29, 0.717) is 12.2 Å². The lowest BCUT2D eigenvalue weighted by Gasteiger charge is -2.28. The standard InChI is InChI=1S/C11H14N2O3/c12-9-5-3-7-16-11(9)8-4-1-2-6-10(8)13(14)15/h1-2,4,6,9,11H,3,5,7,12H2.